The van der Waals surface area contributed by atoms with Gasteiger partial charge in [0.05, 0.1) is 30.7 Å². The number of rotatable bonds is 21. The second-order valence-electron chi connectivity index (χ2n) is 30.9. The summed E-state index contributed by atoms with van der Waals surface area (Å²) in [5, 5.41) is 0. The Morgan fingerprint density at radius 2 is 0.744 bits per heavy atom. The van der Waals surface area contributed by atoms with Crippen LogP contribution in [0.25, 0.3) is 0 Å². The van der Waals surface area contributed by atoms with E-state index in [0.29, 0.717) is 96.5 Å². The lowest BCUT2D eigenvalue weighted by molar-refractivity contribution is -0.163. The highest BCUT2D eigenvalue weighted by Crippen LogP contribution is 2.35. The fourth-order valence-electron chi connectivity index (χ4n) is 11.8. The van der Waals surface area contributed by atoms with Gasteiger partial charge in [0.2, 0.25) is 5.91 Å². The summed E-state index contributed by atoms with van der Waals surface area (Å²) in [5.74, 6) is -2.68. The van der Waals surface area contributed by atoms with Gasteiger partial charge in [-0.15, -0.1) is 0 Å². The lowest BCUT2D eigenvalue weighted by Crippen LogP contribution is -2.38. The van der Waals surface area contributed by atoms with Crippen molar-refractivity contribution in [1.82, 2.24) is 19.6 Å². The maximum absolute atomic E-state index is 14.9. The van der Waals surface area contributed by atoms with Crippen molar-refractivity contribution in [3.05, 3.63) is 101 Å². The van der Waals surface area contributed by atoms with Crippen LogP contribution in [0, 0.1) is 35.5 Å². The summed E-state index contributed by atoms with van der Waals surface area (Å²) in [6, 6.07) is 23.4. The van der Waals surface area contributed by atoms with E-state index in [-0.39, 0.29) is 61.1 Å². The Kier molecular flexibility index (Phi) is 24.1. The van der Waals surface area contributed by atoms with Gasteiger partial charge in [-0.05, 0) is 227 Å². The van der Waals surface area contributed by atoms with Gasteiger partial charge in [0, 0.05) is 45.8 Å². The fraction of sp³-hybridized carbons (Fsp3) is 0.653. The van der Waals surface area contributed by atoms with Crippen LogP contribution in [-0.2, 0) is 79.7 Å². The first-order valence-corrected chi connectivity index (χ1v) is 32.4. The molecule has 90 heavy (non-hydrogen) atoms. The van der Waals surface area contributed by atoms with Crippen molar-refractivity contribution in [3.8, 4) is 5.75 Å². The smallest absolute Gasteiger partial charge is 0.410 e. The predicted molar refractivity (Wildman–Crippen MR) is 346 cm³/mol. The number of esters is 3. The first-order chi connectivity index (χ1) is 41.6. The number of benzene rings is 3. The van der Waals surface area contributed by atoms with Gasteiger partial charge >= 0.3 is 36.2 Å². The number of carbonyl (C=O) groups excluding carboxylic acids is 7. The van der Waals surface area contributed by atoms with Gasteiger partial charge < -0.3 is 52.8 Å². The molecule has 3 saturated heterocycles. The Morgan fingerprint density at radius 1 is 0.422 bits per heavy atom. The minimum Gasteiger partial charge on any atom is -0.492 e. The van der Waals surface area contributed by atoms with E-state index in [1.54, 1.807) is 19.6 Å². The monoisotopic (exact) mass is 1250 g/mol. The van der Waals surface area contributed by atoms with Crippen LogP contribution in [0.4, 0.5) is 14.4 Å². The van der Waals surface area contributed by atoms with Crippen LogP contribution in [-0.4, -0.2) is 154 Å². The Bertz CT molecular complexity index is 2950. The molecule has 3 fully saturated rings. The average Bonchev–Trinajstić information content (AvgIpc) is 2.32. The second-order valence-corrected chi connectivity index (χ2v) is 30.9. The molecule has 3 aliphatic heterocycles. The van der Waals surface area contributed by atoms with E-state index in [0.717, 1.165) is 27.8 Å². The van der Waals surface area contributed by atoms with Crippen LogP contribution in [0.1, 0.15) is 172 Å². The number of amides is 4. The van der Waals surface area contributed by atoms with Gasteiger partial charge in [-0.1, -0.05) is 60.7 Å². The molecule has 0 N–H and O–H groups in total. The number of nitrogens with zero attached hydrogens (tertiary/aromatic N) is 4. The molecule has 3 aliphatic rings. The van der Waals surface area contributed by atoms with Crippen molar-refractivity contribution in [3.63, 3.8) is 0 Å². The molecule has 0 unspecified atom stereocenters. The third kappa shape index (κ3) is 24.1. The zero-order valence-corrected chi connectivity index (χ0v) is 57.4. The largest absolute Gasteiger partial charge is 0.492 e. The van der Waals surface area contributed by atoms with Crippen molar-refractivity contribution in [2.24, 2.45) is 35.5 Å². The molecule has 3 heterocycles. The molecule has 0 saturated carbocycles. The minimum absolute atomic E-state index is 0.0637. The van der Waals surface area contributed by atoms with Crippen molar-refractivity contribution in [1.29, 1.82) is 0 Å². The minimum atomic E-state index is -0.732. The lowest BCUT2D eigenvalue weighted by Gasteiger charge is -2.28. The summed E-state index contributed by atoms with van der Waals surface area (Å²) in [6.07, 6.45) is 2.26. The first-order valence-electron chi connectivity index (χ1n) is 32.4. The molecule has 0 spiro atoms. The molecule has 3 aromatic carbocycles. The Hall–Kier alpha value is -6.85. The van der Waals surface area contributed by atoms with Gasteiger partial charge in [-0.25, -0.2) is 14.4 Å². The van der Waals surface area contributed by atoms with Crippen molar-refractivity contribution in [2.45, 2.75) is 210 Å². The van der Waals surface area contributed by atoms with Crippen LogP contribution < -0.4 is 4.74 Å². The van der Waals surface area contributed by atoms with E-state index in [2.05, 4.69) is 6.07 Å². The molecule has 0 bridgehead atoms. The summed E-state index contributed by atoms with van der Waals surface area (Å²) in [5.41, 5.74) is 0.227. The average molecular weight is 1250 g/mol. The maximum atomic E-state index is 14.9. The number of hydrogen-bond donors (Lipinski definition) is 0. The van der Waals surface area contributed by atoms with E-state index in [1.165, 1.54) is 0 Å². The fourth-order valence-corrected chi connectivity index (χ4v) is 11.8. The molecule has 18 heteroatoms. The number of carbonyl (C=O) groups is 7. The topological polar surface area (TPSA) is 197 Å². The normalized spacial score (nSPS) is 18.5. The van der Waals surface area contributed by atoms with E-state index in [4.69, 9.17) is 33.2 Å². The van der Waals surface area contributed by atoms with Crippen LogP contribution >= 0.6 is 0 Å². The molecule has 0 aromatic heterocycles. The zero-order chi connectivity index (χ0) is 66.7. The van der Waals surface area contributed by atoms with Crippen LogP contribution in [0.5, 0.6) is 5.75 Å². The molecule has 4 amide bonds. The van der Waals surface area contributed by atoms with Crippen LogP contribution in [0.3, 0.4) is 0 Å². The molecular formula is C72H106N4O14. The highest BCUT2D eigenvalue weighted by Gasteiger charge is 2.43. The predicted octanol–water partition coefficient (Wildman–Crippen LogP) is 12.7. The molecule has 18 nitrogen and oxygen atoms in total. The van der Waals surface area contributed by atoms with Gasteiger partial charge in [-0.2, -0.15) is 0 Å². The van der Waals surface area contributed by atoms with Gasteiger partial charge in [0.1, 0.15) is 46.0 Å². The van der Waals surface area contributed by atoms with E-state index < -0.39 is 69.6 Å². The second kappa shape index (κ2) is 30.1. The van der Waals surface area contributed by atoms with Gasteiger partial charge in [0.15, 0.2) is 0 Å². The molecule has 0 aliphatic carbocycles. The van der Waals surface area contributed by atoms with Crippen LogP contribution in [0.15, 0.2) is 72.8 Å². The molecular weight excluding hydrogens is 1140 g/mol. The SMILES string of the molecule is CC(C)(C)OC(=O)[C@@H](Cc1cccc(CCN(CCOc2cccc(C[C@H](C(=O)OC(C)(C)C)[C@H]3CCN(C(=O)OC(C)(C)C)C3)c2)C(=O)Cc2cccc(C[C@H](C(=O)OC(C)(C)C)[C@H]3CCN(C(=O)OC(C)(C)C)C3)c2)c1)[C@H]1CCN(C(=O)OC(C)(C)C)C1. The molecule has 3 aromatic rings. The van der Waals surface area contributed by atoms with Gasteiger partial charge in [-0.3, -0.25) is 19.2 Å². The number of likely N-dealkylation sites (tertiary alicyclic amines) is 3. The van der Waals surface area contributed by atoms with Crippen molar-refractivity contribution >= 4 is 42.1 Å². The van der Waals surface area contributed by atoms with E-state index in [9.17, 15) is 33.6 Å². The molecule has 6 atom stereocenters. The Morgan fingerprint density at radius 3 is 1.11 bits per heavy atom. The molecule has 498 valence electrons. The third-order valence-corrected chi connectivity index (χ3v) is 15.7. The van der Waals surface area contributed by atoms with E-state index >= 15 is 0 Å². The quantitative estimate of drug-likeness (QED) is 0.0721. The summed E-state index contributed by atoms with van der Waals surface area (Å²) in [4.78, 5) is 103. The Labute approximate surface area is 536 Å². The summed E-state index contributed by atoms with van der Waals surface area (Å²) in [6.45, 7) is 36.3. The first kappa shape index (κ1) is 72.2. The Balaban J connectivity index is 1.23. The van der Waals surface area contributed by atoms with E-state index in [1.807, 2.05) is 191 Å². The third-order valence-electron chi connectivity index (χ3n) is 15.7. The highest BCUT2D eigenvalue weighted by molar-refractivity contribution is 5.79. The summed E-state index contributed by atoms with van der Waals surface area (Å²) < 4.78 is 41.5. The lowest BCUT2D eigenvalue weighted by atomic mass is 9.85. The summed E-state index contributed by atoms with van der Waals surface area (Å²) in [7, 11) is 0. The standard InChI is InChI=1S/C72H106N4O14/c1-67(2,3)85-61(78)57(53-29-33-74(45-53)64(81)88-70(10,11)12)41-49-23-19-22-48(38-49)28-32-73(36-37-84-56-27-21-26-52(40-56)43-59(63(80)87-69(7,8)9)55-31-35-76(47-55)66(83)90-72(16,17)18)60(77)44-51-25-20-24-50(39-51)42-58(62(79)86-68(4,5)6)54-30-34-75(46-54)65(82)89-71(13,14)15/h19-27,38-40,53-55,57-59H,28-37,41-47H2,1-18H3/t53-,54-,55-,57-,58-,59-/m0/s1. The van der Waals surface area contributed by atoms with Gasteiger partial charge in [0.25, 0.3) is 0 Å². The zero-order valence-electron chi connectivity index (χ0n) is 57.4. The van der Waals surface area contributed by atoms with Crippen molar-refractivity contribution < 1.29 is 66.7 Å². The number of ether oxygens (including phenoxy) is 7. The highest BCUT2D eigenvalue weighted by atomic mass is 16.6. The maximum Gasteiger partial charge on any atom is 0.410 e. The summed E-state index contributed by atoms with van der Waals surface area (Å²) >= 11 is 0. The number of hydrogen-bond acceptors (Lipinski definition) is 14. The van der Waals surface area contributed by atoms with Crippen LogP contribution in [0.2, 0.25) is 0 Å². The molecule has 6 rings (SSSR count). The molecule has 0 radical (unpaired) electrons. The van der Waals surface area contributed by atoms with Crippen molar-refractivity contribution in [2.75, 3.05) is 59.0 Å².